The van der Waals surface area contributed by atoms with E-state index in [-0.39, 0.29) is 18.1 Å². The lowest BCUT2D eigenvalue weighted by atomic mass is 10.1. The van der Waals surface area contributed by atoms with Gasteiger partial charge in [-0.25, -0.2) is 4.39 Å². The molecule has 1 amide bonds. The minimum atomic E-state index is -1.04. The molecule has 0 saturated carbocycles. The predicted octanol–water partition coefficient (Wildman–Crippen LogP) is 2.75. The van der Waals surface area contributed by atoms with Crippen molar-refractivity contribution in [2.45, 2.75) is 12.5 Å². The van der Waals surface area contributed by atoms with Gasteiger partial charge in [0.2, 0.25) is 6.10 Å². The number of halogens is 1. The van der Waals surface area contributed by atoms with Crippen molar-refractivity contribution in [3.63, 3.8) is 0 Å². The number of ether oxygens (including phenoxy) is 2. The Morgan fingerprint density at radius 2 is 1.80 bits per heavy atom. The summed E-state index contributed by atoms with van der Waals surface area (Å²) in [5.41, 5.74) is 1.02. The number of carbonyl (C=O) groups is 2. The third kappa shape index (κ3) is 4.79. The van der Waals surface area contributed by atoms with Gasteiger partial charge in [-0.05, 0) is 17.7 Å². The zero-order valence-electron chi connectivity index (χ0n) is 14.4. The molecular formula is C19H20FNO4. The molecule has 5 nitrogen and oxygen atoms in total. The second kappa shape index (κ2) is 8.28. The molecule has 2 aromatic rings. The Morgan fingerprint density at radius 3 is 2.36 bits per heavy atom. The highest BCUT2D eigenvalue weighted by molar-refractivity contribution is 5.85. The summed E-state index contributed by atoms with van der Waals surface area (Å²) < 4.78 is 23.9. The number of amides is 1. The Morgan fingerprint density at radius 1 is 1.12 bits per heavy atom. The molecule has 0 unspecified atom stereocenters. The lowest BCUT2D eigenvalue weighted by molar-refractivity contribution is -0.159. The van der Waals surface area contributed by atoms with Crippen LogP contribution in [0.25, 0.3) is 0 Å². The Balaban J connectivity index is 2.14. The molecule has 0 aromatic heterocycles. The predicted molar refractivity (Wildman–Crippen MR) is 90.6 cm³/mol. The Labute approximate surface area is 146 Å². The molecule has 0 aliphatic rings. The second-order valence-electron chi connectivity index (χ2n) is 5.66. The fourth-order valence-electron chi connectivity index (χ4n) is 2.28. The van der Waals surface area contributed by atoms with E-state index in [9.17, 15) is 14.0 Å². The zero-order chi connectivity index (χ0) is 18.4. The zero-order valence-corrected chi connectivity index (χ0v) is 14.4. The van der Waals surface area contributed by atoms with Gasteiger partial charge >= 0.3 is 5.97 Å². The standard InChI is InChI=1S/C19H20FNO4/c1-21(2)19(23)18(14-7-5-4-6-8-14)25-17(22)12-13-9-10-16(24-3)15(20)11-13/h4-11,18H,12H2,1-3H3/t18-/m0/s1. The van der Waals surface area contributed by atoms with E-state index in [2.05, 4.69) is 0 Å². The van der Waals surface area contributed by atoms with Crippen molar-refractivity contribution in [2.24, 2.45) is 0 Å². The maximum absolute atomic E-state index is 13.7. The molecule has 0 saturated heterocycles. The fourth-order valence-corrected chi connectivity index (χ4v) is 2.28. The first-order chi connectivity index (χ1) is 11.9. The summed E-state index contributed by atoms with van der Waals surface area (Å²) in [4.78, 5) is 25.9. The number of methoxy groups -OCH3 is 1. The van der Waals surface area contributed by atoms with Gasteiger partial charge in [-0.3, -0.25) is 9.59 Å². The van der Waals surface area contributed by atoms with Crippen LogP contribution in [-0.2, 0) is 20.7 Å². The summed E-state index contributed by atoms with van der Waals surface area (Å²) in [6.07, 6.45) is -1.18. The van der Waals surface area contributed by atoms with E-state index in [1.54, 1.807) is 44.4 Å². The number of benzene rings is 2. The molecule has 2 rings (SSSR count). The highest BCUT2D eigenvalue weighted by Gasteiger charge is 2.26. The Kier molecular flexibility index (Phi) is 6.11. The van der Waals surface area contributed by atoms with Gasteiger partial charge in [-0.2, -0.15) is 0 Å². The first-order valence-corrected chi connectivity index (χ1v) is 7.70. The number of rotatable bonds is 6. The van der Waals surface area contributed by atoms with Gasteiger partial charge in [0.05, 0.1) is 13.5 Å². The van der Waals surface area contributed by atoms with Crippen LogP contribution in [0.5, 0.6) is 5.75 Å². The highest BCUT2D eigenvalue weighted by atomic mass is 19.1. The molecule has 25 heavy (non-hydrogen) atoms. The number of nitrogens with zero attached hydrogens (tertiary/aromatic N) is 1. The normalized spacial score (nSPS) is 11.5. The summed E-state index contributed by atoms with van der Waals surface area (Å²) >= 11 is 0. The molecule has 1 atom stereocenters. The van der Waals surface area contributed by atoms with Crippen LogP contribution < -0.4 is 4.74 Å². The molecule has 0 spiro atoms. The maximum Gasteiger partial charge on any atom is 0.311 e. The molecule has 6 heteroatoms. The number of likely N-dealkylation sites (N-methyl/N-ethyl adjacent to an activating group) is 1. The average molecular weight is 345 g/mol. The topological polar surface area (TPSA) is 55.8 Å². The van der Waals surface area contributed by atoms with Gasteiger partial charge in [0, 0.05) is 19.7 Å². The van der Waals surface area contributed by atoms with E-state index >= 15 is 0 Å². The van der Waals surface area contributed by atoms with Gasteiger partial charge < -0.3 is 14.4 Å². The van der Waals surface area contributed by atoms with Crippen LogP contribution in [0, 0.1) is 5.82 Å². The molecule has 0 fully saturated rings. The average Bonchev–Trinajstić information content (AvgIpc) is 2.60. The first-order valence-electron chi connectivity index (χ1n) is 7.70. The molecule has 0 radical (unpaired) electrons. The van der Waals surface area contributed by atoms with Gasteiger partial charge in [0.25, 0.3) is 5.91 Å². The molecule has 0 bridgehead atoms. The third-order valence-corrected chi connectivity index (χ3v) is 3.58. The van der Waals surface area contributed by atoms with Gasteiger partial charge in [-0.15, -0.1) is 0 Å². The molecule has 2 aromatic carbocycles. The maximum atomic E-state index is 13.7. The van der Waals surface area contributed by atoms with Crippen LogP contribution in [0.2, 0.25) is 0 Å². The van der Waals surface area contributed by atoms with Crippen molar-refractivity contribution in [3.8, 4) is 5.75 Å². The number of hydrogen-bond acceptors (Lipinski definition) is 4. The quantitative estimate of drug-likeness (QED) is 0.756. The molecule has 0 aliphatic carbocycles. The van der Waals surface area contributed by atoms with E-state index in [1.165, 1.54) is 24.1 Å². The van der Waals surface area contributed by atoms with Crippen molar-refractivity contribution in [2.75, 3.05) is 21.2 Å². The van der Waals surface area contributed by atoms with E-state index in [0.29, 0.717) is 11.1 Å². The van der Waals surface area contributed by atoms with Gasteiger partial charge in [0.1, 0.15) is 0 Å². The van der Waals surface area contributed by atoms with Crippen molar-refractivity contribution in [3.05, 3.63) is 65.5 Å². The van der Waals surface area contributed by atoms with Crippen LogP contribution >= 0.6 is 0 Å². The molecule has 0 heterocycles. The number of hydrogen-bond donors (Lipinski definition) is 0. The monoisotopic (exact) mass is 345 g/mol. The smallest absolute Gasteiger partial charge is 0.311 e. The first kappa shape index (κ1) is 18.4. The van der Waals surface area contributed by atoms with E-state index in [1.807, 2.05) is 6.07 Å². The largest absolute Gasteiger partial charge is 0.494 e. The van der Waals surface area contributed by atoms with E-state index in [0.717, 1.165) is 0 Å². The third-order valence-electron chi connectivity index (χ3n) is 3.58. The summed E-state index contributed by atoms with van der Waals surface area (Å²) in [5.74, 6) is -1.42. The molecular weight excluding hydrogens is 325 g/mol. The second-order valence-corrected chi connectivity index (χ2v) is 5.66. The summed E-state index contributed by atoms with van der Waals surface area (Å²) in [6, 6.07) is 13.0. The van der Waals surface area contributed by atoms with Crippen molar-refractivity contribution in [1.82, 2.24) is 4.90 Å². The van der Waals surface area contributed by atoms with E-state index < -0.39 is 17.9 Å². The van der Waals surface area contributed by atoms with Crippen molar-refractivity contribution >= 4 is 11.9 Å². The van der Waals surface area contributed by atoms with Crippen molar-refractivity contribution in [1.29, 1.82) is 0 Å². The number of carbonyl (C=O) groups excluding carboxylic acids is 2. The SMILES string of the molecule is COc1ccc(CC(=O)O[C@H](C(=O)N(C)C)c2ccccc2)cc1F. The summed E-state index contributed by atoms with van der Waals surface area (Å²) in [7, 11) is 4.54. The number of esters is 1. The van der Waals surface area contributed by atoms with Crippen LogP contribution in [0.3, 0.4) is 0 Å². The minimum Gasteiger partial charge on any atom is -0.494 e. The Hall–Kier alpha value is -2.89. The fraction of sp³-hybridized carbons (Fsp3) is 0.263. The molecule has 132 valence electrons. The van der Waals surface area contributed by atoms with Crippen LogP contribution in [0.1, 0.15) is 17.2 Å². The van der Waals surface area contributed by atoms with Crippen LogP contribution in [-0.4, -0.2) is 38.0 Å². The Bertz CT molecular complexity index is 746. The van der Waals surface area contributed by atoms with Gasteiger partial charge in [-0.1, -0.05) is 36.4 Å². The summed E-state index contributed by atoms with van der Waals surface area (Å²) in [6.45, 7) is 0. The van der Waals surface area contributed by atoms with Crippen LogP contribution in [0.15, 0.2) is 48.5 Å². The molecule has 0 N–H and O–H groups in total. The van der Waals surface area contributed by atoms with E-state index in [4.69, 9.17) is 9.47 Å². The molecule has 0 aliphatic heterocycles. The van der Waals surface area contributed by atoms with Gasteiger partial charge in [0.15, 0.2) is 11.6 Å². The highest BCUT2D eigenvalue weighted by Crippen LogP contribution is 2.22. The van der Waals surface area contributed by atoms with Crippen LogP contribution in [0.4, 0.5) is 4.39 Å². The summed E-state index contributed by atoms with van der Waals surface area (Å²) in [5, 5.41) is 0. The lowest BCUT2D eigenvalue weighted by Gasteiger charge is -2.21. The van der Waals surface area contributed by atoms with Crippen molar-refractivity contribution < 1.29 is 23.5 Å². The lowest BCUT2D eigenvalue weighted by Crippen LogP contribution is -2.31. The minimum absolute atomic E-state index is 0.0991.